The predicted molar refractivity (Wildman–Crippen MR) is 110 cm³/mol. The van der Waals surface area contributed by atoms with Crippen LogP contribution in [0.1, 0.15) is 45.8 Å². The largest absolute Gasteiger partial charge is 0.346 e. The number of carbonyl (C=O) groups excluding carboxylic acids is 1. The quantitative estimate of drug-likeness (QED) is 0.680. The van der Waals surface area contributed by atoms with Gasteiger partial charge in [0.1, 0.15) is 6.04 Å². The second-order valence-corrected chi connectivity index (χ2v) is 8.88. The molecular formula is C21H24N4O2S. The molecule has 4 rings (SSSR count). The minimum absolute atomic E-state index is 0.0101. The zero-order valence-electron chi connectivity index (χ0n) is 16.3. The Labute approximate surface area is 168 Å². The van der Waals surface area contributed by atoms with Crippen LogP contribution in [0.2, 0.25) is 0 Å². The van der Waals surface area contributed by atoms with Crippen molar-refractivity contribution in [2.45, 2.75) is 39.9 Å². The second kappa shape index (κ2) is 7.39. The highest BCUT2D eigenvalue weighted by molar-refractivity contribution is 7.13. The van der Waals surface area contributed by atoms with Crippen molar-refractivity contribution in [3.05, 3.63) is 74.1 Å². The third kappa shape index (κ3) is 3.30. The standard InChI is InChI=1S/C21H24N4O2S/c1-14(2)13-25-21(27)24-12-11-23(20(26)17-10-9-15(3)28-17)18(19(24)22-25)16-7-5-4-6-8-16/h4-10,14,18H,11-13H2,1-3H3. The second-order valence-electron chi connectivity index (χ2n) is 7.59. The van der Waals surface area contributed by atoms with E-state index in [4.69, 9.17) is 0 Å². The maximum Gasteiger partial charge on any atom is 0.346 e. The van der Waals surface area contributed by atoms with Gasteiger partial charge in [-0.3, -0.25) is 9.36 Å². The molecule has 0 saturated carbocycles. The number of amides is 1. The first kappa shape index (κ1) is 18.7. The number of hydrogen-bond acceptors (Lipinski definition) is 4. The molecule has 0 bridgehead atoms. The van der Waals surface area contributed by atoms with E-state index in [9.17, 15) is 9.59 Å². The number of hydrogen-bond donors (Lipinski definition) is 0. The van der Waals surface area contributed by atoms with Crippen LogP contribution in [0, 0.1) is 12.8 Å². The minimum atomic E-state index is -0.369. The van der Waals surface area contributed by atoms with E-state index in [0.29, 0.717) is 31.4 Å². The van der Waals surface area contributed by atoms with Gasteiger partial charge in [0.05, 0.1) is 4.88 Å². The minimum Gasteiger partial charge on any atom is -0.322 e. The Morgan fingerprint density at radius 2 is 1.93 bits per heavy atom. The van der Waals surface area contributed by atoms with Gasteiger partial charge in [0.2, 0.25) is 0 Å². The Kier molecular flexibility index (Phi) is 4.93. The van der Waals surface area contributed by atoms with Crippen LogP contribution in [-0.2, 0) is 13.1 Å². The number of carbonyl (C=O) groups is 1. The molecule has 1 amide bonds. The van der Waals surface area contributed by atoms with Crippen molar-refractivity contribution in [1.82, 2.24) is 19.2 Å². The summed E-state index contributed by atoms with van der Waals surface area (Å²) in [7, 11) is 0. The first-order chi connectivity index (χ1) is 13.5. The summed E-state index contributed by atoms with van der Waals surface area (Å²) in [6, 6.07) is 13.3. The molecule has 146 valence electrons. The fraction of sp³-hybridized carbons (Fsp3) is 0.381. The van der Waals surface area contributed by atoms with E-state index in [-0.39, 0.29) is 17.6 Å². The van der Waals surface area contributed by atoms with Crippen LogP contribution in [0.15, 0.2) is 47.3 Å². The Bertz CT molecular complexity index is 1050. The van der Waals surface area contributed by atoms with Gasteiger partial charge in [-0.15, -0.1) is 11.3 Å². The molecule has 0 aliphatic carbocycles. The van der Waals surface area contributed by atoms with Crippen LogP contribution in [0.5, 0.6) is 0 Å². The summed E-state index contributed by atoms with van der Waals surface area (Å²) in [4.78, 5) is 29.8. The molecular weight excluding hydrogens is 372 g/mol. The van der Waals surface area contributed by atoms with Crippen molar-refractivity contribution in [2.24, 2.45) is 5.92 Å². The van der Waals surface area contributed by atoms with E-state index in [0.717, 1.165) is 15.3 Å². The van der Waals surface area contributed by atoms with Gasteiger partial charge >= 0.3 is 5.69 Å². The van der Waals surface area contributed by atoms with E-state index in [1.165, 1.54) is 11.3 Å². The molecule has 1 aliphatic heterocycles. The number of benzene rings is 1. The first-order valence-corrected chi connectivity index (χ1v) is 10.4. The number of rotatable bonds is 4. The molecule has 3 aromatic rings. The maximum absolute atomic E-state index is 13.3. The highest BCUT2D eigenvalue weighted by atomic mass is 32.1. The van der Waals surface area contributed by atoms with Crippen molar-refractivity contribution < 1.29 is 4.79 Å². The van der Waals surface area contributed by atoms with Crippen molar-refractivity contribution >= 4 is 17.2 Å². The zero-order chi connectivity index (χ0) is 19.8. The van der Waals surface area contributed by atoms with Gasteiger partial charge in [-0.25, -0.2) is 9.48 Å². The Balaban J connectivity index is 1.81. The normalized spacial score (nSPS) is 16.4. The summed E-state index contributed by atoms with van der Waals surface area (Å²) in [5.41, 5.74) is 0.871. The molecule has 0 saturated heterocycles. The zero-order valence-corrected chi connectivity index (χ0v) is 17.1. The maximum atomic E-state index is 13.3. The van der Waals surface area contributed by atoms with E-state index < -0.39 is 0 Å². The lowest BCUT2D eigenvalue weighted by atomic mass is 10.0. The lowest BCUT2D eigenvalue weighted by Crippen LogP contribution is -2.44. The highest BCUT2D eigenvalue weighted by Crippen LogP contribution is 2.32. The van der Waals surface area contributed by atoms with Crippen molar-refractivity contribution in [2.75, 3.05) is 6.54 Å². The molecule has 1 aromatic carbocycles. The number of aryl methyl sites for hydroxylation is 1. The molecule has 3 heterocycles. The Morgan fingerprint density at radius 3 is 2.57 bits per heavy atom. The van der Waals surface area contributed by atoms with Crippen LogP contribution in [0.3, 0.4) is 0 Å². The number of nitrogens with zero attached hydrogens (tertiary/aromatic N) is 4. The SMILES string of the molecule is Cc1ccc(C(=O)N2CCn3c(nn(CC(C)C)c3=O)C2c2ccccc2)s1. The van der Waals surface area contributed by atoms with Gasteiger partial charge in [0.15, 0.2) is 5.82 Å². The average molecular weight is 397 g/mol. The van der Waals surface area contributed by atoms with E-state index in [2.05, 4.69) is 18.9 Å². The van der Waals surface area contributed by atoms with Crippen LogP contribution in [0.25, 0.3) is 0 Å². The fourth-order valence-corrected chi connectivity index (χ4v) is 4.51. The van der Waals surface area contributed by atoms with E-state index >= 15 is 0 Å². The van der Waals surface area contributed by atoms with Gasteiger partial charge in [-0.2, -0.15) is 5.10 Å². The predicted octanol–water partition coefficient (Wildman–Crippen LogP) is 3.32. The molecule has 0 radical (unpaired) electrons. The Morgan fingerprint density at radius 1 is 1.18 bits per heavy atom. The van der Waals surface area contributed by atoms with Gasteiger partial charge < -0.3 is 4.90 Å². The van der Waals surface area contributed by atoms with Crippen molar-refractivity contribution in [3.8, 4) is 0 Å². The molecule has 28 heavy (non-hydrogen) atoms. The van der Waals surface area contributed by atoms with Gasteiger partial charge in [-0.1, -0.05) is 44.2 Å². The van der Waals surface area contributed by atoms with Crippen LogP contribution >= 0.6 is 11.3 Å². The number of fused-ring (bicyclic) bond motifs is 1. The summed E-state index contributed by atoms with van der Waals surface area (Å²) < 4.78 is 3.27. The third-order valence-corrected chi connectivity index (χ3v) is 5.93. The lowest BCUT2D eigenvalue weighted by Gasteiger charge is -2.35. The molecule has 6 nitrogen and oxygen atoms in total. The molecule has 0 N–H and O–H groups in total. The summed E-state index contributed by atoms with van der Waals surface area (Å²) in [5, 5.41) is 4.66. The fourth-order valence-electron chi connectivity index (χ4n) is 3.69. The summed E-state index contributed by atoms with van der Waals surface area (Å²) in [5.74, 6) is 0.949. The molecule has 0 fully saturated rings. The molecule has 7 heteroatoms. The monoisotopic (exact) mass is 396 g/mol. The van der Waals surface area contributed by atoms with E-state index in [1.54, 1.807) is 9.25 Å². The third-order valence-electron chi connectivity index (χ3n) is 4.94. The first-order valence-electron chi connectivity index (χ1n) is 9.55. The molecule has 1 unspecified atom stereocenters. The van der Waals surface area contributed by atoms with Crippen LogP contribution in [0.4, 0.5) is 0 Å². The van der Waals surface area contributed by atoms with Crippen LogP contribution < -0.4 is 5.69 Å². The van der Waals surface area contributed by atoms with Gasteiger partial charge in [0, 0.05) is 24.5 Å². The summed E-state index contributed by atoms with van der Waals surface area (Å²) in [6.45, 7) is 7.64. The highest BCUT2D eigenvalue weighted by Gasteiger charge is 2.36. The molecule has 0 spiro atoms. The average Bonchev–Trinajstić information content (AvgIpc) is 3.25. The number of aromatic nitrogens is 3. The van der Waals surface area contributed by atoms with Gasteiger partial charge in [0.25, 0.3) is 5.91 Å². The topological polar surface area (TPSA) is 60.1 Å². The summed E-state index contributed by atoms with van der Waals surface area (Å²) >= 11 is 1.50. The van der Waals surface area contributed by atoms with Gasteiger partial charge in [-0.05, 0) is 30.5 Å². The molecule has 2 aromatic heterocycles. The lowest BCUT2D eigenvalue weighted by molar-refractivity contribution is 0.0662. The van der Waals surface area contributed by atoms with E-state index in [1.807, 2.05) is 54.3 Å². The molecule has 1 atom stereocenters. The van der Waals surface area contributed by atoms with Crippen molar-refractivity contribution in [3.63, 3.8) is 0 Å². The van der Waals surface area contributed by atoms with Crippen LogP contribution in [-0.4, -0.2) is 31.7 Å². The number of thiophene rings is 1. The summed E-state index contributed by atoms with van der Waals surface area (Å²) in [6.07, 6.45) is 0. The smallest absolute Gasteiger partial charge is 0.322 e. The molecule has 1 aliphatic rings. The van der Waals surface area contributed by atoms with Crippen molar-refractivity contribution in [1.29, 1.82) is 0 Å². The Hall–Kier alpha value is -2.67.